The van der Waals surface area contributed by atoms with E-state index in [1.165, 1.54) is 27.7 Å². The molecule has 74 valence electrons. The third-order valence-electron chi connectivity index (χ3n) is 2.10. The van der Waals surface area contributed by atoms with Crippen LogP contribution in [-0.2, 0) is 0 Å². The summed E-state index contributed by atoms with van der Waals surface area (Å²) in [7, 11) is 0. The molecule has 0 amide bonds. The topological polar surface area (TPSA) is 12.4 Å². The summed E-state index contributed by atoms with van der Waals surface area (Å²) >= 11 is 3.65. The van der Waals surface area contributed by atoms with Crippen molar-refractivity contribution >= 4 is 34.2 Å². The standard InChI is InChI=1S/C11H13NS2/c1-9-5-8-13-10(9)3-4-11-12-6-2-7-14-11/h3-5,8H,2,6-7H2,1H3/b4-3+. The molecule has 2 rings (SSSR count). The van der Waals surface area contributed by atoms with E-state index in [1.807, 2.05) is 11.8 Å². The second-order valence-electron chi connectivity index (χ2n) is 3.22. The molecule has 1 aromatic rings. The average molecular weight is 223 g/mol. The average Bonchev–Trinajstić information content (AvgIpc) is 2.63. The van der Waals surface area contributed by atoms with Crippen molar-refractivity contribution < 1.29 is 0 Å². The first-order chi connectivity index (χ1) is 6.86. The lowest BCUT2D eigenvalue weighted by Crippen LogP contribution is -1.99. The highest BCUT2D eigenvalue weighted by Crippen LogP contribution is 2.19. The molecule has 3 heteroatoms. The number of rotatable bonds is 2. The summed E-state index contributed by atoms with van der Waals surface area (Å²) in [6.45, 7) is 3.14. The monoisotopic (exact) mass is 223 g/mol. The zero-order valence-electron chi connectivity index (χ0n) is 8.19. The van der Waals surface area contributed by atoms with E-state index in [2.05, 4.69) is 35.5 Å². The van der Waals surface area contributed by atoms with Crippen molar-refractivity contribution in [3.63, 3.8) is 0 Å². The van der Waals surface area contributed by atoms with E-state index in [0.717, 1.165) is 6.54 Å². The van der Waals surface area contributed by atoms with Crippen LogP contribution in [0.15, 0.2) is 22.5 Å². The molecule has 1 nitrogen and oxygen atoms in total. The van der Waals surface area contributed by atoms with E-state index < -0.39 is 0 Å². The fourth-order valence-electron chi connectivity index (χ4n) is 1.28. The molecule has 2 heterocycles. The van der Waals surface area contributed by atoms with E-state index in [1.54, 1.807) is 11.3 Å². The van der Waals surface area contributed by atoms with Crippen LogP contribution in [0.3, 0.4) is 0 Å². The highest BCUT2D eigenvalue weighted by Gasteiger charge is 2.02. The minimum atomic E-state index is 0.996. The van der Waals surface area contributed by atoms with Gasteiger partial charge in [-0.15, -0.1) is 23.1 Å². The van der Waals surface area contributed by atoms with Gasteiger partial charge in [-0.05, 0) is 42.5 Å². The molecule has 0 radical (unpaired) electrons. The predicted octanol–water partition coefficient (Wildman–Crippen LogP) is 3.61. The second-order valence-corrected chi connectivity index (χ2v) is 5.29. The van der Waals surface area contributed by atoms with E-state index in [-0.39, 0.29) is 0 Å². The Bertz CT molecular complexity index is 363. The van der Waals surface area contributed by atoms with Crippen molar-refractivity contribution in [1.29, 1.82) is 0 Å². The molecular formula is C11H13NS2. The van der Waals surface area contributed by atoms with Gasteiger partial charge in [0.15, 0.2) is 0 Å². The lowest BCUT2D eigenvalue weighted by atomic mass is 10.3. The van der Waals surface area contributed by atoms with Crippen LogP contribution in [0.25, 0.3) is 6.08 Å². The lowest BCUT2D eigenvalue weighted by molar-refractivity contribution is 0.940. The van der Waals surface area contributed by atoms with E-state index in [0.29, 0.717) is 0 Å². The van der Waals surface area contributed by atoms with E-state index in [9.17, 15) is 0 Å². The maximum absolute atomic E-state index is 4.46. The molecule has 0 N–H and O–H groups in total. The molecule has 1 aliphatic rings. The Hall–Kier alpha value is -0.540. The lowest BCUT2D eigenvalue weighted by Gasteiger charge is -2.06. The maximum Gasteiger partial charge on any atom is 0.0904 e. The number of thiophene rings is 1. The van der Waals surface area contributed by atoms with Crippen LogP contribution in [0.5, 0.6) is 0 Å². The van der Waals surface area contributed by atoms with E-state index >= 15 is 0 Å². The van der Waals surface area contributed by atoms with Gasteiger partial charge in [-0.1, -0.05) is 0 Å². The summed E-state index contributed by atoms with van der Waals surface area (Å²) in [4.78, 5) is 5.80. The molecule has 1 aromatic heterocycles. The van der Waals surface area contributed by atoms with Crippen molar-refractivity contribution in [2.45, 2.75) is 13.3 Å². The molecule has 14 heavy (non-hydrogen) atoms. The van der Waals surface area contributed by atoms with Crippen LogP contribution in [0, 0.1) is 6.92 Å². The fraction of sp³-hybridized carbons (Fsp3) is 0.364. The summed E-state index contributed by atoms with van der Waals surface area (Å²) in [5.41, 5.74) is 1.35. The number of aliphatic imine (C=N–C) groups is 1. The Balaban J connectivity index is 2.06. The van der Waals surface area contributed by atoms with Crippen LogP contribution in [0.2, 0.25) is 0 Å². The normalized spacial score (nSPS) is 17.4. The van der Waals surface area contributed by atoms with Gasteiger partial charge < -0.3 is 0 Å². The summed E-state index contributed by atoms with van der Waals surface area (Å²) in [5.74, 6) is 1.21. The van der Waals surface area contributed by atoms with Crippen molar-refractivity contribution in [3.05, 3.63) is 28.0 Å². The molecule has 0 saturated heterocycles. The highest BCUT2D eigenvalue weighted by atomic mass is 32.2. The Kier molecular flexibility index (Phi) is 3.43. The first-order valence-electron chi connectivity index (χ1n) is 4.76. The van der Waals surface area contributed by atoms with Gasteiger partial charge in [0.25, 0.3) is 0 Å². The largest absolute Gasteiger partial charge is 0.278 e. The number of nitrogens with zero attached hydrogens (tertiary/aromatic N) is 1. The van der Waals surface area contributed by atoms with Gasteiger partial charge in [0.05, 0.1) is 5.04 Å². The third-order valence-corrected chi connectivity index (χ3v) is 4.14. The third kappa shape index (κ3) is 2.49. The summed E-state index contributed by atoms with van der Waals surface area (Å²) in [6.07, 6.45) is 5.54. The number of hydrogen-bond acceptors (Lipinski definition) is 3. The Labute approximate surface area is 92.9 Å². The summed E-state index contributed by atoms with van der Waals surface area (Å²) in [5, 5.41) is 3.31. The van der Waals surface area contributed by atoms with Gasteiger partial charge in [-0.25, -0.2) is 0 Å². The van der Waals surface area contributed by atoms with Gasteiger partial charge in [0.1, 0.15) is 0 Å². The molecule has 0 aromatic carbocycles. The minimum absolute atomic E-state index is 0.996. The smallest absolute Gasteiger partial charge is 0.0904 e. The maximum atomic E-state index is 4.46. The van der Waals surface area contributed by atoms with Crippen LogP contribution < -0.4 is 0 Å². The van der Waals surface area contributed by atoms with Crippen molar-refractivity contribution in [2.75, 3.05) is 12.3 Å². The van der Waals surface area contributed by atoms with Gasteiger partial charge >= 0.3 is 0 Å². The van der Waals surface area contributed by atoms with E-state index in [4.69, 9.17) is 0 Å². The van der Waals surface area contributed by atoms with Crippen LogP contribution in [0.1, 0.15) is 16.9 Å². The summed E-state index contributed by atoms with van der Waals surface area (Å²) < 4.78 is 0. The predicted molar refractivity (Wildman–Crippen MR) is 67.5 cm³/mol. The van der Waals surface area contributed by atoms with Gasteiger partial charge in [0, 0.05) is 17.2 Å². The zero-order valence-corrected chi connectivity index (χ0v) is 9.83. The molecule has 0 bridgehead atoms. The van der Waals surface area contributed by atoms with Gasteiger partial charge in [0.2, 0.25) is 0 Å². The zero-order chi connectivity index (χ0) is 9.80. The first kappa shape index (κ1) is 9.99. The SMILES string of the molecule is Cc1ccsc1/C=C/C1=NCCCS1. The second kappa shape index (κ2) is 4.80. The van der Waals surface area contributed by atoms with Crippen molar-refractivity contribution in [2.24, 2.45) is 4.99 Å². The first-order valence-corrected chi connectivity index (χ1v) is 6.62. The number of thioether (sulfide) groups is 1. The Morgan fingerprint density at radius 2 is 2.36 bits per heavy atom. The van der Waals surface area contributed by atoms with Crippen LogP contribution >= 0.6 is 23.1 Å². The number of hydrogen-bond donors (Lipinski definition) is 0. The Morgan fingerprint density at radius 1 is 1.43 bits per heavy atom. The molecule has 0 atom stereocenters. The Morgan fingerprint density at radius 3 is 3.00 bits per heavy atom. The molecule has 0 aliphatic carbocycles. The van der Waals surface area contributed by atoms with Gasteiger partial charge in [-0.2, -0.15) is 0 Å². The molecule has 1 aliphatic heterocycles. The van der Waals surface area contributed by atoms with Crippen molar-refractivity contribution in [3.8, 4) is 0 Å². The van der Waals surface area contributed by atoms with Crippen molar-refractivity contribution in [1.82, 2.24) is 0 Å². The van der Waals surface area contributed by atoms with Crippen LogP contribution in [-0.4, -0.2) is 17.3 Å². The molecular weight excluding hydrogens is 210 g/mol. The molecule has 0 saturated carbocycles. The molecule has 0 unspecified atom stereocenters. The van der Waals surface area contributed by atoms with Gasteiger partial charge in [-0.3, -0.25) is 4.99 Å². The highest BCUT2D eigenvalue weighted by molar-refractivity contribution is 8.14. The number of aryl methyl sites for hydroxylation is 1. The summed E-state index contributed by atoms with van der Waals surface area (Å²) in [6, 6.07) is 2.15. The fourth-order valence-corrected chi connectivity index (χ4v) is 2.93. The quantitative estimate of drug-likeness (QED) is 0.746. The molecule has 0 fully saturated rings. The molecule has 0 spiro atoms. The van der Waals surface area contributed by atoms with Crippen LogP contribution in [0.4, 0.5) is 0 Å². The minimum Gasteiger partial charge on any atom is -0.278 e.